The summed E-state index contributed by atoms with van der Waals surface area (Å²) in [7, 11) is -3.67. The summed E-state index contributed by atoms with van der Waals surface area (Å²) >= 11 is 0. The van der Waals surface area contributed by atoms with Gasteiger partial charge in [-0.15, -0.1) is 0 Å². The Morgan fingerprint density at radius 3 is 2.67 bits per heavy atom. The van der Waals surface area contributed by atoms with Crippen LogP contribution < -0.4 is 15.4 Å². The summed E-state index contributed by atoms with van der Waals surface area (Å²) in [5.74, 6) is 1.49. The molecular formula is C14H22N4O2S. The van der Waals surface area contributed by atoms with Gasteiger partial charge >= 0.3 is 0 Å². The van der Waals surface area contributed by atoms with Gasteiger partial charge in [-0.05, 0) is 56.8 Å². The summed E-state index contributed by atoms with van der Waals surface area (Å²) in [5.41, 5.74) is 0. The topological polar surface area (TPSA) is 88.3 Å². The van der Waals surface area contributed by atoms with Crippen molar-refractivity contribution < 1.29 is 8.42 Å². The molecule has 0 aromatic carbocycles. The maximum absolute atomic E-state index is 11.3. The van der Waals surface area contributed by atoms with Crippen molar-refractivity contribution in [2.45, 2.75) is 36.6 Å². The fourth-order valence-electron chi connectivity index (χ4n) is 2.88. The molecule has 1 unspecified atom stereocenters. The lowest BCUT2D eigenvalue weighted by atomic mass is 9.99. The number of nitrogens with two attached hydrogens (primary N) is 1. The zero-order valence-corrected chi connectivity index (χ0v) is 12.8. The van der Waals surface area contributed by atoms with Gasteiger partial charge in [0.25, 0.3) is 0 Å². The van der Waals surface area contributed by atoms with Crippen LogP contribution in [-0.4, -0.2) is 39.1 Å². The van der Waals surface area contributed by atoms with Crippen molar-refractivity contribution in [3.05, 3.63) is 18.3 Å². The first kappa shape index (κ1) is 14.7. The molecule has 1 aliphatic heterocycles. The number of pyridine rings is 1. The van der Waals surface area contributed by atoms with Crippen LogP contribution in [0.15, 0.2) is 23.2 Å². The summed E-state index contributed by atoms with van der Waals surface area (Å²) in [6.45, 7) is 3.15. The zero-order chi connectivity index (χ0) is 14.9. The van der Waals surface area contributed by atoms with E-state index in [9.17, 15) is 8.42 Å². The Balaban J connectivity index is 1.74. The van der Waals surface area contributed by atoms with Gasteiger partial charge < -0.3 is 10.2 Å². The van der Waals surface area contributed by atoms with Gasteiger partial charge in [-0.2, -0.15) is 0 Å². The van der Waals surface area contributed by atoms with Gasteiger partial charge in [-0.3, -0.25) is 0 Å². The lowest BCUT2D eigenvalue weighted by Crippen LogP contribution is -2.39. The molecule has 2 fully saturated rings. The quantitative estimate of drug-likeness (QED) is 0.835. The molecular weight excluding hydrogens is 288 g/mol. The van der Waals surface area contributed by atoms with Crippen molar-refractivity contribution >= 4 is 15.8 Å². The maximum Gasteiger partial charge on any atom is 0.239 e. The van der Waals surface area contributed by atoms with Crippen LogP contribution in [0.1, 0.15) is 25.7 Å². The molecule has 0 spiro atoms. The van der Waals surface area contributed by atoms with Crippen LogP contribution in [0.2, 0.25) is 0 Å². The summed E-state index contributed by atoms with van der Waals surface area (Å²) in [4.78, 5) is 6.71. The van der Waals surface area contributed by atoms with Crippen molar-refractivity contribution in [2.24, 2.45) is 11.1 Å². The average molecular weight is 310 g/mol. The van der Waals surface area contributed by atoms with Gasteiger partial charge in [-0.25, -0.2) is 18.5 Å². The smallest absolute Gasteiger partial charge is 0.239 e. The number of anilines is 1. The van der Waals surface area contributed by atoms with E-state index >= 15 is 0 Å². The molecule has 2 aliphatic rings. The first-order valence-corrected chi connectivity index (χ1v) is 9.05. The fraction of sp³-hybridized carbons (Fsp3) is 0.643. The monoisotopic (exact) mass is 310 g/mol. The van der Waals surface area contributed by atoms with E-state index in [2.05, 4.69) is 15.2 Å². The Kier molecular flexibility index (Phi) is 4.14. The third-order valence-corrected chi connectivity index (χ3v) is 5.08. The molecule has 3 rings (SSSR count). The number of rotatable bonds is 5. The first-order chi connectivity index (χ1) is 10.0. The molecule has 0 radical (unpaired) electrons. The number of nitrogens with zero attached hydrogens (tertiary/aromatic N) is 2. The second-order valence-corrected chi connectivity index (χ2v) is 7.55. The van der Waals surface area contributed by atoms with Gasteiger partial charge in [-0.1, -0.05) is 0 Å². The van der Waals surface area contributed by atoms with Gasteiger partial charge in [0.2, 0.25) is 10.0 Å². The molecule has 2 heterocycles. The van der Waals surface area contributed by atoms with Crippen LogP contribution in [0.5, 0.6) is 0 Å². The van der Waals surface area contributed by atoms with Crippen molar-refractivity contribution in [1.29, 1.82) is 0 Å². The molecule has 1 saturated carbocycles. The second kappa shape index (κ2) is 5.90. The molecule has 116 valence electrons. The Labute approximate surface area is 125 Å². The first-order valence-electron chi connectivity index (χ1n) is 7.50. The van der Waals surface area contributed by atoms with Crippen molar-refractivity contribution in [3.63, 3.8) is 0 Å². The largest absolute Gasteiger partial charge is 0.353 e. The van der Waals surface area contributed by atoms with Crippen LogP contribution in [0.25, 0.3) is 0 Å². The van der Waals surface area contributed by atoms with Crippen LogP contribution in [0.4, 0.5) is 5.82 Å². The fourth-order valence-corrected chi connectivity index (χ4v) is 3.34. The Hall–Kier alpha value is -1.18. The molecule has 7 heteroatoms. The molecule has 1 aromatic heterocycles. The van der Waals surface area contributed by atoms with E-state index in [0.29, 0.717) is 12.0 Å². The maximum atomic E-state index is 11.3. The number of piperidine rings is 1. The van der Waals surface area contributed by atoms with Crippen LogP contribution in [0.3, 0.4) is 0 Å². The Morgan fingerprint density at radius 1 is 1.33 bits per heavy atom. The summed E-state index contributed by atoms with van der Waals surface area (Å²) < 4.78 is 22.6. The van der Waals surface area contributed by atoms with Gasteiger partial charge in [0.05, 0.1) is 0 Å². The van der Waals surface area contributed by atoms with E-state index in [1.807, 2.05) is 0 Å². The molecule has 1 atom stereocenters. The normalized spacial score (nSPS) is 23.0. The molecule has 6 nitrogen and oxygen atoms in total. The van der Waals surface area contributed by atoms with Gasteiger partial charge in [0.1, 0.15) is 10.7 Å². The summed E-state index contributed by atoms with van der Waals surface area (Å²) in [6, 6.07) is 3.88. The van der Waals surface area contributed by atoms with Crippen molar-refractivity contribution in [1.82, 2.24) is 10.3 Å². The van der Waals surface area contributed by atoms with Gasteiger partial charge in [0, 0.05) is 18.8 Å². The molecule has 1 saturated heterocycles. The van der Waals surface area contributed by atoms with Crippen LogP contribution >= 0.6 is 0 Å². The number of aromatic nitrogens is 1. The number of primary sulfonamides is 1. The van der Waals surface area contributed by atoms with E-state index in [-0.39, 0.29) is 4.90 Å². The highest BCUT2D eigenvalue weighted by Crippen LogP contribution is 2.32. The third kappa shape index (κ3) is 3.72. The zero-order valence-electron chi connectivity index (χ0n) is 12.0. The minimum absolute atomic E-state index is 0.0707. The highest BCUT2D eigenvalue weighted by molar-refractivity contribution is 7.89. The standard InChI is InChI=1S/C14H22N4O2S/c15-21(19,20)13-5-6-14(17-9-13)18(12-3-4-12)10-11-2-1-7-16-8-11/h5-6,9,11-12,16H,1-4,7-8,10H2,(H2,15,19,20). The molecule has 0 amide bonds. The minimum Gasteiger partial charge on any atom is -0.353 e. The molecule has 0 bridgehead atoms. The Morgan fingerprint density at radius 2 is 2.14 bits per heavy atom. The number of hydrogen-bond acceptors (Lipinski definition) is 5. The molecule has 1 aromatic rings. The highest BCUT2D eigenvalue weighted by atomic mass is 32.2. The lowest BCUT2D eigenvalue weighted by molar-refractivity contribution is 0.375. The number of nitrogens with one attached hydrogen (secondary N) is 1. The summed E-state index contributed by atoms with van der Waals surface area (Å²) in [6.07, 6.45) is 6.21. The third-order valence-electron chi connectivity index (χ3n) is 4.19. The van der Waals surface area contributed by atoms with Crippen molar-refractivity contribution in [3.8, 4) is 0 Å². The van der Waals surface area contributed by atoms with E-state index in [4.69, 9.17) is 5.14 Å². The van der Waals surface area contributed by atoms with Gasteiger partial charge in [0.15, 0.2) is 0 Å². The summed E-state index contributed by atoms with van der Waals surface area (Å²) in [5, 5.41) is 8.55. The molecule has 3 N–H and O–H groups in total. The highest BCUT2D eigenvalue weighted by Gasteiger charge is 2.32. The number of hydrogen-bond donors (Lipinski definition) is 2. The predicted octanol–water partition coefficient (Wildman–Crippen LogP) is 0.697. The van der Waals surface area contributed by atoms with E-state index in [0.717, 1.165) is 25.5 Å². The van der Waals surface area contributed by atoms with E-state index in [1.54, 1.807) is 12.1 Å². The van der Waals surface area contributed by atoms with Crippen molar-refractivity contribution in [2.75, 3.05) is 24.5 Å². The van der Waals surface area contributed by atoms with E-state index < -0.39 is 10.0 Å². The average Bonchev–Trinajstić information content (AvgIpc) is 3.30. The molecule has 1 aliphatic carbocycles. The number of sulfonamides is 1. The van der Waals surface area contributed by atoms with Crippen LogP contribution in [0, 0.1) is 5.92 Å². The molecule has 21 heavy (non-hydrogen) atoms. The lowest BCUT2D eigenvalue weighted by Gasteiger charge is -2.31. The van der Waals surface area contributed by atoms with Crippen LogP contribution in [-0.2, 0) is 10.0 Å². The SMILES string of the molecule is NS(=O)(=O)c1ccc(N(CC2CCCNC2)C2CC2)nc1. The predicted molar refractivity (Wildman–Crippen MR) is 81.6 cm³/mol. The van der Waals surface area contributed by atoms with E-state index in [1.165, 1.54) is 31.9 Å². The second-order valence-electron chi connectivity index (χ2n) is 5.99. The minimum atomic E-state index is -3.67. The Bertz CT molecular complexity index is 577.